The Bertz CT molecular complexity index is 426. The maximum absolute atomic E-state index is 10.9. The van der Waals surface area contributed by atoms with E-state index in [2.05, 4.69) is 14.4 Å². The topological polar surface area (TPSA) is 71.1 Å². The smallest absolute Gasteiger partial charge is 0.263 e. The Balaban J connectivity index is 2.56. The number of nitrogens with one attached hydrogen (secondary N) is 2. The quantitative estimate of drug-likeness (QED) is 0.617. The van der Waals surface area contributed by atoms with Crippen LogP contribution in [0.4, 0.5) is 11.5 Å². The van der Waals surface area contributed by atoms with Crippen molar-refractivity contribution in [2.75, 3.05) is 9.44 Å². The zero-order valence-electron chi connectivity index (χ0n) is 6.33. The third-order valence-electron chi connectivity index (χ3n) is 1.50. The summed E-state index contributed by atoms with van der Waals surface area (Å²) in [4.78, 5) is 3.90. The van der Waals surface area contributed by atoms with Crippen LogP contribution >= 0.6 is 0 Å². The molecule has 5 nitrogen and oxygen atoms in total. The zero-order chi connectivity index (χ0) is 8.77. The number of aryl methyl sites for hydroxylation is 1. The minimum atomic E-state index is -3.38. The van der Waals surface area contributed by atoms with E-state index in [0.717, 1.165) is 5.56 Å². The van der Waals surface area contributed by atoms with Crippen LogP contribution in [0.1, 0.15) is 5.56 Å². The van der Waals surface area contributed by atoms with Gasteiger partial charge in [0.15, 0.2) is 5.82 Å². The van der Waals surface area contributed by atoms with Crippen LogP contribution in [0.5, 0.6) is 0 Å². The molecule has 0 aliphatic carbocycles. The number of pyridine rings is 1. The van der Waals surface area contributed by atoms with E-state index >= 15 is 0 Å². The van der Waals surface area contributed by atoms with E-state index < -0.39 is 10.2 Å². The third kappa shape index (κ3) is 1.10. The first-order valence-corrected chi connectivity index (χ1v) is 4.82. The Morgan fingerprint density at radius 2 is 2.17 bits per heavy atom. The normalized spacial score (nSPS) is 17.8. The van der Waals surface area contributed by atoms with Gasteiger partial charge in [-0.2, -0.15) is 8.42 Å². The summed E-state index contributed by atoms with van der Waals surface area (Å²) in [5.74, 6) is 0.362. The number of nitrogens with zero attached hydrogens (tertiary/aromatic N) is 1. The summed E-state index contributed by atoms with van der Waals surface area (Å²) in [6, 6.07) is 1.72. The van der Waals surface area contributed by atoms with Gasteiger partial charge in [-0.15, -0.1) is 0 Å². The van der Waals surface area contributed by atoms with E-state index in [-0.39, 0.29) is 0 Å². The molecule has 0 bridgehead atoms. The van der Waals surface area contributed by atoms with Crippen LogP contribution in [-0.2, 0) is 10.2 Å². The fourth-order valence-corrected chi connectivity index (χ4v) is 1.94. The average molecular weight is 185 g/mol. The Kier molecular flexibility index (Phi) is 1.29. The van der Waals surface area contributed by atoms with E-state index in [4.69, 9.17) is 0 Å². The maximum Gasteiger partial charge on any atom is 0.322 e. The number of hydrogen-bond acceptors (Lipinski definition) is 3. The molecule has 0 saturated carbocycles. The average Bonchev–Trinajstić information content (AvgIpc) is 2.21. The number of hydrogen-bond donors (Lipinski definition) is 2. The predicted molar refractivity (Wildman–Crippen MR) is 45.1 cm³/mol. The number of anilines is 2. The van der Waals surface area contributed by atoms with E-state index in [0.29, 0.717) is 11.5 Å². The summed E-state index contributed by atoms with van der Waals surface area (Å²) in [6.45, 7) is 1.85. The van der Waals surface area contributed by atoms with Crippen LogP contribution in [-0.4, -0.2) is 13.4 Å². The Labute approximate surface area is 70.0 Å². The van der Waals surface area contributed by atoms with Gasteiger partial charge in [-0.3, -0.25) is 4.72 Å². The van der Waals surface area contributed by atoms with Gasteiger partial charge < -0.3 is 0 Å². The lowest BCUT2D eigenvalue weighted by atomic mass is 10.3. The summed E-state index contributed by atoms with van der Waals surface area (Å²) < 4.78 is 26.4. The second kappa shape index (κ2) is 2.10. The second-order valence-electron chi connectivity index (χ2n) is 2.62. The maximum atomic E-state index is 10.9. The molecule has 1 aromatic heterocycles. The molecule has 0 aromatic carbocycles. The largest absolute Gasteiger partial charge is 0.322 e. The molecule has 0 amide bonds. The Morgan fingerprint density at radius 3 is 2.92 bits per heavy atom. The zero-order valence-corrected chi connectivity index (χ0v) is 7.14. The van der Waals surface area contributed by atoms with Crippen molar-refractivity contribution in [3.05, 3.63) is 17.8 Å². The molecular formula is C6H7N3O2S. The molecule has 0 fully saturated rings. The molecule has 6 heteroatoms. The predicted octanol–water partition coefficient (Wildman–Crippen LogP) is 0.472. The second-order valence-corrected chi connectivity index (χ2v) is 4.03. The SMILES string of the molecule is Cc1cnc2c(c1)NS(=O)(=O)N2. The van der Waals surface area contributed by atoms with Crippen LogP contribution in [0.3, 0.4) is 0 Å². The lowest BCUT2D eigenvalue weighted by Crippen LogP contribution is -2.12. The molecule has 64 valence electrons. The number of rotatable bonds is 0. The van der Waals surface area contributed by atoms with Gasteiger partial charge in [0.1, 0.15) is 0 Å². The standard InChI is InChI=1S/C6H7N3O2S/c1-4-2-5-6(7-3-4)9-12(10,11)8-5/h2-3,8H,1H3,(H,7,9). The van der Waals surface area contributed by atoms with E-state index in [1.54, 1.807) is 12.3 Å². The van der Waals surface area contributed by atoms with Gasteiger partial charge in [0.2, 0.25) is 0 Å². The van der Waals surface area contributed by atoms with Crippen molar-refractivity contribution in [2.24, 2.45) is 0 Å². The number of fused-ring (bicyclic) bond motifs is 1. The molecule has 1 aliphatic rings. The number of aromatic nitrogens is 1. The summed E-state index contributed by atoms with van der Waals surface area (Å²) >= 11 is 0. The van der Waals surface area contributed by atoms with Gasteiger partial charge in [-0.1, -0.05) is 0 Å². The van der Waals surface area contributed by atoms with Gasteiger partial charge in [0.05, 0.1) is 5.69 Å². The monoisotopic (exact) mass is 185 g/mol. The Hall–Kier alpha value is -1.30. The minimum Gasteiger partial charge on any atom is -0.263 e. The minimum absolute atomic E-state index is 0.362. The van der Waals surface area contributed by atoms with Gasteiger partial charge in [-0.05, 0) is 18.6 Å². The van der Waals surface area contributed by atoms with E-state index in [1.165, 1.54) is 0 Å². The molecule has 2 rings (SSSR count). The molecule has 0 radical (unpaired) electrons. The van der Waals surface area contributed by atoms with Crippen molar-refractivity contribution >= 4 is 21.7 Å². The highest BCUT2D eigenvalue weighted by Crippen LogP contribution is 2.27. The third-order valence-corrected chi connectivity index (χ3v) is 2.45. The van der Waals surface area contributed by atoms with Gasteiger partial charge in [0.25, 0.3) is 0 Å². The lowest BCUT2D eigenvalue weighted by Gasteiger charge is -1.94. The first kappa shape index (κ1) is 7.35. The highest BCUT2D eigenvalue weighted by atomic mass is 32.2. The van der Waals surface area contributed by atoms with Gasteiger partial charge >= 0.3 is 10.2 Å². The van der Waals surface area contributed by atoms with Crippen molar-refractivity contribution in [2.45, 2.75) is 6.92 Å². The van der Waals surface area contributed by atoms with Crippen LogP contribution in [0, 0.1) is 6.92 Å². The van der Waals surface area contributed by atoms with Crippen LogP contribution in [0.2, 0.25) is 0 Å². The first-order valence-electron chi connectivity index (χ1n) is 3.34. The van der Waals surface area contributed by atoms with Crippen LogP contribution < -0.4 is 9.44 Å². The molecule has 0 spiro atoms. The molecule has 0 atom stereocenters. The van der Waals surface area contributed by atoms with E-state index in [1.807, 2.05) is 6.92 Å². The fourth-order valence-electron chi connectivity index (χ4n) is 1.03. The van der Waals surface area contributed by atoms with Gasteiger partial charge in [0, 0.05) is 6.20 Å². The molecule has 0 saturated heterocycles. The van der Waals surface area contributed by atoms with Crippen LogP contribution in [0.15, 0.2) is 12.3 Å². The molecule has 2 N–H and O–H groups in total. The lowest BCUT2D eigenvalue weighted by molar-refractivity contribution is 0.607. The summed E-state index contributed by atoms with van der Waals surface area (Å²) in [7, 11) is -3.38. The summed E-state index contributed by atoms with van der Waals surface area (Å²) in [6.07, 6.45) is 1.61. The summed E-state index contributed by atoms with van der Waals surface area (Å²) in [5.41, 5.74) is 1.43. The van der Waals surface area contributed by atoms with Crippen molar-refractivity contribution in [1.82, 2.24) is 4.98 Å². The molecule has 1 aromatic rings. The summed E-state index contributed by atoms with van der Waals surface area (Å²) in [5, 5.41) is 0. The van der Waals surface area contributed by atoms with E-state index in [9.17, 15) is 8.42 Å². The van der Waals surface area contributed by atoms with Gasteiger partial charge in [-0.25, -0.2) is 9.71 Å². The molecule has 2 heterocycles. The van der Waals surface area contributed by atoms with Crippen molar-refractivity contribution in [3.8, 4) is 0 Å². The highest BCUT2D eigenvalue weighted by Gasteiger charge is 2.22. The highest BCUT2D eigenvalue weighted by molar-refractivity contribution is 7.94. The van der Waals surface area contributed by atoms with Crippen molar-refractivity contribution < 1.29 is 8.42 Å². The first-order chi connectivity index (χ1) is 5.57. The Morgan fingerprint density at radius 1 is 1.42 bits per heavy atom. The van der Waals surface area contributed by atoms with Crippen molar-refractivity contribution in [3.63, 3.8) is 0 Å². The molecule has 0 unspecified atom stereocenters. The van der Waals surface area contributed by atoms with Crippen LogP contribution in [0.25, 0.3) is 0 Å². The van der Waals surface area contributed by atoms with Crippen molar-refractivity contribution in [1.29, 1.82) is 0 Å². The molecular weight excluding hydrogens is 178 g/mol. The molecule has 12 heavy (non-hydrogen) atoms. The molecule has 1 aliphatic heterocycles. The fraction of sp³-hybridized carbons (Fsp3) is 0.167.